The van der Waals surface area contributed by atoms with Crippen molar-refractivity contribution in [2.75, 3.05) is 14.2 Å². The Hall–Kier alpha value is -1.90. The van der Waals surface area contributed by atoms with Gasteiger partial charge in [-0.15, -0.1) is 0 Å². The molecule has 1 aromatic carbocycles. The van der Waals surface area contributed by atoms with E-state index < -0.39 is 11.9 Å². The van der Waals surface area contributed by atoms with Crippen LogP contribution < -0.4 is 0 Å². The Bertz CT molecular complexity index is 709. The third-order valence-corrected chi connectivity index (χ3v) is 3.94. The number of hydrogen-bond donors (Lipinski definition) is 0. The molecule has 0 saturated heterocycles. The van der Waals surface area contributed by atoms with Gasteiger partial charge in [-0.05, 0) is 41.1 Å². The van der Waals surface area contributed by atoms with Crippen LogP contribution in [-0.4, -0.2) is 35.9 Å². The van der Waals surface area contributed by atoms with Gasteiger partial charge in [0.05, 0.1) is 19.9 Å². The number of methoxy groups -OCH3 is 2. The molecule has 0 atom stereocenters. The van der Waals surface area contributed by atoms with Gasteiger partial charge in [0.25, 0.3) is 0 Å². The number of aryl methyl sites for hydroxylation is 1. The molecule has 2 aromatic rings. The fraction of sp³-hybridized carbons (Fsp3) is 0.214. The Labute approximate surface area is 135 Å². The van der Waals surface area contributed by atoms with Gasteiger partial charge in [-0.25, -0.2) is 14.3 Å². The molecule has 2 rings (SSSR count). The average molecular weight is 400 g/mol. The SMILES string of the molecule is COC(=O)c1nn(-c2ccccc2C)c(I)c1C(=O)OC. The fourth-order valence-corrected chi connectivity index (χ4v) is 2.72. The van der Waals surface area contributed by atoms with E-state index in [4.69, 9.17) is 4.74 Å². The summed E-state index contributed by atoms with van der Waals surface area (Å²) < 4.78 is 11.4. The van der Waals surface area contributed by atoms with E-state index in [2.05, 4.69) is 9.84 Å². The van der Waals surface area contributed by atoms with Gasteiger partial charge in [-0.2, -0.15) is 5.10 Å². The zero-order valence-corrected chi connectivity index (χ0v) is 13.9. The van der Waals surface area contributed by atoms with Crippen LogP contribution in [0.5, 0.6) is 0 Å². The summed E-state index contributed by atoms with van der Waals surface area (Å²) in [7, 11) is 2.49. The highest BCUT2D eigenvalue weighted by atomic mass is 127. The lowest BCUT2D eigenvalue weighted by Crippen LogP contribution is -2.11. The van der Waals surface area contributed by atoms with Crippen molar-refractivity contribution in [1.29, 1.82) is 0 Å². The normalized spacial score (nSPS) is 10.3. The van der Waals surface area contributed by atoms with Crippen molar-refractivity contribution in [2.24, 2.45) is 0 Å². The minimum Gasteiger partial charge on any atom is -0.465 e. The van der Waals surface area contributed by atoms with E-state index >= 15 is 0 Å². The smallest absolute Gasteiger partial charge is 0.359 e. The molecule has 0 unspecified atom stereocenters. The molecule has 110 valence electrons. The quantitative estimate of drug-likeness (QED) is 0.585. The Morgan fingerprint density at radius 1 is 1.14 bits per heavy atom. The van der Waals surface area contributed by atoms with Crippen LogP contribution >= 0.6 is 22.6 Å². The summed E-state index contributed by atoms with van der Waals surface area (Å²) in [5.41, 5.74) is 1.79. The number of aromatic nitrogens is 2. The van der Waals surface area contributed by atoms with E-state index in [0.717, 1.165) is 11.3 Å². The van der Waals surface area contributed by atoms with Crippen LogP contribution in [-0.2, 0) is 9.47 Å². The van der Waals surface area contributed by atoms with Gasteiger partial charge in [0.1, 0.15) is 9.26 Å². The molecule has 0 spiro atoms. The van der Waals surface area contributed by atoms with Crippen molar-refractivity contribution in [3.8, 4) is 5.69 Å². The number of hydrogen-bond acceptors (Lipinski definition) is 5. The van der Waals surface area contributed by atoms with E-state index in [-0.39, 0.29) is 11.3 Å². The maximum atomic E-state index is 11.9. The third-order valence-electron chi connectivity index (χ3n) is 2.94. The summed E-state index contributed by atoms with van der Waals surface area (Å²) in [5.74, 6) is -1.31. The molecule has 0 bridgehead atoms. The second kappa shape index (κ2) is 6.25. The van der Waals surface area contributed by atoms with Crippen molar-refractivity contribution in [3.63, 3.8) is 0 Å². The Morgan fingerprint density at radius 2 is 1.76 bits per heavy atom. The summed E-state index contributed by atoms with van der Waals surface area (Å²) >= 11 is 1.96. The molecule has 7 heteroatoms. The minimum atomic E-state index is -0.680. The van der Waals surface area contributed by atoms with Gasteiger partial charge in [-0.3, -0.25) is 0 Å². The molecule has 0 saturated carbocycles. The van der Waals surface area contributed by atoms with Crippen LogP contribution in [0.3, 0.4) is 0 Å². The molecule has 0 aliphatic carbocycles. The second-order valence-electron chi connectivity index (χ2n) is 4.20. The van der Waals surface area contributed by atoms with Crippen molar-refractivity contribution >= 4 is 34.5 Å². The molecule has 0 amide bonds. The first-order valence-electron chi connectivity index (χ1n) is 6.02. The predicted molar refractivity (Wildman–Crippen MR) is 83.7 cm³/mol. The zero-order chi connectivity index (χ0) is 15.6. The summed E-state index contributed by atoms with van der Waals surface area (Å²) in [5, 5.41) is 4.21. The lowest BCUT2D eigenvalue weighted by Gasteiger charge is -2.06. The highest BCUT2D eigenvalue weighted by Gasteiger charge is 2.29. The first-order chi connectivity index (χ1) is 10.0. The molecule has 0 N–H and O–H groups in total. The monoisotopic (exact) mass is 400 g/mol. The number of benzene rings is 1. The number of halogens is 1. The number of nitrogens with zero attached hydrogens (tertiary/aromatic N) is 2. The lowest BCUT2D eigenvalue weighted by molar-refractivity contribution is 0.0551. The van der Waals surface area contributed by atoms with Gasteiger partial charge < -0.3 is 9.47 Å². The lowest BCUT2D eigenvalue weighted by atomic mass is 10.2. The van der Waals surface area contributed by atoms with Gasteiger partial charge in [0, 0.05) is 0 Å². The average Bonchev–Trinajstić information content (AvgIpc) is 2.83. The number of carbonyl (C=O) groups excluding carboxylic acids is 2. The van der Waals surface area contributed by atoms with E-state index in [1.165, 1.54) is 18.9 Å². The molecule has 1 heterocycles. The second-order valence-corrected chi connectivity index (χ2v) is 5.22. The van der Waals surface area contributed by atoms with Crippen molar-refractivity contribution in [3.05, 3.63) is 44.8 Å². The standard InChI is InChI=1S/C14H13IN2O4/c1-8-6-4-5-7-9(8)17-12(15)10(13(18)20-2)11(16-17)14(19)21-3/h4-7H,1-3H3. The molecule has 0 aliphatic rings. The number of para-hydroxylation sites is 1. The van der Waals surface area contributed by atoms with Crippen molar-refractivity contribution in [2.45, 2.75) is 6.92 Å². The molecule has 0 radical (unpaired) electrons. The topological polar surface area (TPSA) is 70.4 Å². The van der Waals surface area contributed by atoms with Crippen LogP contribution in [0.15, 0.2) is 24.3 Å². The molecule has 0 fully saturated rings. The summed E-state index contributed by atoms with van der Waals surface area (Å²) in [6, 6.07) is 7.53. The first kappa shape index (κ1) is 15.5. The number of carbonyl (C=O) groups is 2. The van der Waals surface area contributed by atoms with Crippen LogP contribution in [0.2, 0.25) is 0 Å². The third kappa shape index (κ3) is 2.78. The van der Waals surface area contributed by atoms with Crippen molar-refractivity contribution in [1.82, 2.24) is 9.78 Å². The van der Waals surface area contributed by atoms with Crippen LogP contribution in [0.25, 0.3) is 5.69 Å². The summed E-state index contributed by atoms with van der Waals surface area (Å²) in [6.45, 7) is 1.92. The molecule has 21 heavy (non-hydrogen) atoms. The van der Waals surface area contributed by atoms with Gasteiger partial charge in [-0.1, -0.05) is 18.2 Å². The van der Waals surface area contributed by atoms with E-state index in [9.17, 15) is 9.59 Å². The predicted octanol–water partition coefficient (Wildman–Crippen LogP) is 2.36. The summed E-state index contributed by atoms with van der Waals surface area (Å²) in [4.78, 5) is 23.7. The van der Waals surface area contributed by atoms with Gasteiger partial charge in [0.2, 0.25) is 0 Å². The first-order valence-corrected chi connectivity index (χ1v) is 7.10. The van der Waals surface area contributed by atoms with Gasteiger partial charge >= 0.3 is 11.9 Å². The molecular formula is C14H13IN2O4. The maximum Gasteiger partial charge on any atom is 0.359 e. The van der Waals surface area contributed by atoms with Crippen LogP contribution in [0.4, 0.5) is 0 Å². The largest absolute Gasteiger partial charge is 0.465 e. The van der Waals surface area contributed by atoms with E-state index in [0.29, 0.717) is 3.70 Å². The minimum absolute atomic E-state index is 0.0583. The highest BCUT2D eigenvalue weighted by molar-refractivity contribution is 14.1. The molecular weight excluding hydrogens is 387 g/mol. The molecule has 6 nitrogen and oxygen atoms in total. The molecule has 1 aromatic heterocycles. The molecule has 0 aliphatic heterocycles. The van der Waals surface area contributed by atoms with E-state index in [1.54, 1.807) is 0 Å². The number of esters is 2. The number of ether oxygens (including phenoxy) is 2. The highest BCUT2D eigenvalue weighted by Crippen LogP contribution is 2.24. The zero-order valence-electron chi connectivity index (χ0n) is 11.7. The van der Waals surface area contributed by atoms with Crippen molar-refractivity contribution < 1.29 is 19.1 Å². The van der Waals surface area contributed by atoms with Gasteiger partial charge in [0.15, 0.2) is 5.69 Å². The Kier molecular flexibility index (Phi) is 4.61. The van der Waals surface area contributed by atoms with Crippen LogP contribution in [0, 0.1) is 10.6 Å². The fourth-order valence-electron chi connectivity index (χ4n) is 1.88. The summed E-state index contributed by atoms with van der Waals surface area (Å²) in [6.07, 6.45) is 0. The van der Waals surface area contributed by atoms with E-state index in [1.807, 2.05) is 53.8 Å². The Balaban J connectivity index is 2.70. The van der Waals surface area contributed by atoms with Crippen LogP contribution in [0.1, 0.15) is 26.4 Å². The Morgan fingerprint density at radius 3 is 2.33 bits per heavy atom. The maximum absolute atomic E-state index is 11.9. The number of rotatable bonds is 3.